The van der Waals surface area contributed by atoms with Crippen LogP contribution in [0.5, 0.6) is 5.75 Å². The normalized spacial score (nSPS) is 11.3. The Balaban J connectivity index is 2.65. The maximum atomic E-state index is 11.3. The van der Waals surface area contributed by atoms with E-state index in [-0.39, 0.29) is 16.4 Å². The average molecular weight is 296 g/mol. The highest BCUT2D eigenvalue weighted by Crippen LogP contribution is 2.35. The van der Waals surface area contributed by atoms with E-state index >= 15 is 0 Å². The lowest BCUT2D eigenvalue weighted by molar-refractivity contribution is 0.110. The Morgan fingerprint density at radius 1 is 1.30 bits per heavy atom. The molecule has 6 nitrogen and oxygen atoms in total. The summed E-state index contributed by atoms with van der Waals surface area (Å²) in [5.74, 6) is 0.738. The average Bonchev–Trinajstić information content (AvgIpc) is 2.85. The van der Waals surface area contributed by atoms with Crippen LogP contribution in [0.15, 0.2) is 33.6 Å². The van der Waals surface area contributed by atoms with Crippen molar-refractivity contribution in [2.24, 2.45) is 0 Å². The van der Waals surface area contributed by atoms with Crippen LogP contribution in [0.2, 0.25) is 0 Å². The SMILES string of the molecule is COc1cc(S(=O)(=O)O)c(C)cc1-c1ccc(C=O)o1. The van der Waals surface area contributed by atoms with Crippen molar-refractivity contribution in [3.8, 4) is 17.1 Å². The van der Waals surface area contributed by atoms with Gasteiger partial charge in [-0.2, -0.15) is 8.42 Å². The second-order valence-electron chi connectivity index (χ2n) is 4.11. The summed E-state index contributed by atoms with van der Waals surface area (Å²) in [6, 6.07) is 5.79. The van der Waals surface area contributed by atoms with E-state index in [1.54, 1.807) is 6.07 Å². The maximum absolute atomic E-state index is 11.3. The van der Waals surface area contributed by atoms with Crippen LogP contribution < -0.4 is 4.74 Å². The lowest BCUT2D eigenvalue weighted by Gasteiger charge is -2.10. The molecule has 0 aliphatic heterocycles. The minimum Gasteiger partial charge on any atom is -0.496 e. The zero-order valence-electron chi connectivity index (χ0n) is 10.8. The molecular formula is C13H12O6S. The van der Waals surface area contributed by atoms with Gasteiger partial charge in [-0.25, -0.2) is 0 Å². The Hall–Kier alpha value is -2.12. The van der Waals surface area contributed by atoms with E-state index < -0.39 is 10.1 Å². The van der Waals surface area contributed by atoms with Gasteiger partial charge in [0.15, 0.2) is 12.0 Å². The zero-order valence-corrected chi connectivity index (χ0v) is 11.6. The van der Waals surface area contributed by atoms with Crippen LogP contribution in [0.25, 0.3) is 11.3 Å². The van der Waals surface area contributed by atoms with Crippen molar-refractivity contribution in [2.45, 2.75) is 11.8 Å². The highest BCUT2D eigenvalue weighted by molar-refractivity contribution is 7.85. The third-order valence-corrected chi connectivity index (χ3v) is 3.78. The topological polar surface area (TPSA) is 93.8 Å². The number of aldehydes is 1. The summed E-state index contributed by atoms with van der Waals surface area (Å²) in [5.41, 5.74) is 0.831. The van der Waals surface area contributed by atoms with Gasteiger partial charge in [-0.15, -0.1) is 0 Å². The van der Waals surface area contributed by atoms with Crippen LogP contribution in [0.1, 0.15) is 16.1 Å². The van der Waals surface area contributed by atoms with Crippen molar-refractivity contribution < 1.29 is 26.9 Å². The number of carbonyl (C=O) groups excluding carboxylic acids is 1. The second kappa shape index (κ2) is 5.10. The van der Waals surface area contributed by atoms with Crippen molar-refractivity contribution in [1.29, 1.82) is 0 Å². The van der Waals surface area contributed by atoms with Gasteiger partial charge in [0.05, 0.1) is 12.7 Å². The van der Waals surface area contributed by atoms with E-state index in [1.807, 2.05) is 0 Å². The van der Waals surface area contributed by atoms with E-state index in [2.05, 4.69) is 0 Å². The van der Waals surface area contributed by atoms with Gasteiger partial charge < -0.3 is 9.15 Å². The number of aryl methyl sites for hydroxylation is 1. The lowest BCUT2D eigenvalue weighted by Crippen LogP contribution is -2.02. The molecule has 1 aromatic heterocycles. The number of hydrogen-bond acceptors (Lipinski definition) is 5. The summed E-state index contributed by atoms with van der Waals surface area (Å²) in [6.07, 6.45) is 0.565. The Kier molecular flexibility index (Phi) is 3.65. The molecule has 0 atom stereocenters. The van der Waals surface area contributed by atoms with Crippen molar-refractivity contribution in [3.05, 3.63) is 35.6 Å². The Morgan fingerprint density at radius 2 is 2.00 bits per heavy atom. The number of carbonyl (C=O) groups is 1. The van der Waals surface area contributed by atoms with Crippen LogP contribution in [-0.2, 0) is 10.1 Å². The molecule has 7 heteroatoms. The molecule has 0 fully saturated rings. The Bertz CT molecular complexity index is 757. The summed E-state index contributed by atoms with van der Waals surface area (Å²) >= 11 is 0. The number of benzene rings is 1. The predicted octanol–water partition coefficient (Wildman–Crippen LogP) is 2.32. The lowest BCUT2D eigenvalue weighted by atomic mass is 10.1. The fourth-order valence-electron chi connectivity index (χ4n) is 1.87. The van der Waals surface area contributed by atoms with Crippen LogP contribution >= 0.6 is 0 Å². The molecule has 0 unspecified atom stereocenters. The standard InChI is InChI=1S/C13H12O6S/c1-8-5-10(11-4-3-9(7-14)19-11)12(18-2)6-13(8)20(15,16)17/h3-7H,1-2H3,(H,15,16,17). The fourth-order valence-corrected chi connectivity index (χ4v) is 2.59. The molecule has 1 aromatic carbocycles. The molecule has 106 valence electrons. The van der Waals surface area contributed by atoms with Crippen molar-refractivity contribution >= 4 is 16.4 Å². The molecule has 0 bridgehead atoms. The van der Waals surface area contributed by atoms with Gasteiger partial charge in [0.25, 0.3) is 10.1 Å². The first-order valence-electron chi connectivity index (χ1n) is 5.58. The predicted molar refractivity (Wildman–Crippen MR) is 70.6 cm³/mol. The molecule has 1 heterocycles. The van der Waals surface area contributed by atoms with Crippen molar-refractivity contribution in [3.63, 3.8) is 0 Å². The van der Waals surface area contributed by atoms with Crippen molar-refractivity contribution in [2.75, 3.05) is 7.11 Å². The van der Waals surface area contributed by atoms with E-state index in [1.165, 1.54) is 32.2 Å². The van der Waals surface area contributed by atoms with Gasteiger partial charge in [-0.3, -0.25) is 9.35 Å². The zero-order chi connectivity index (χ0) is 14.9. The molecule has 0 aliphatic carbocycles. The quantitative estimate of drug-likeness (QED) is 0.687. The molecule has 20 heavy (non-hydrogen) atoms. The molecule has 0 aliphatic rings. The first-order chi connectivity index (χ1) is 9.36. The highest BCUT2D eigenvalue weighted by Gasteiger charge is 2.19. The summed E-state index contributed by atoms with van der Waals surface area (Å²) in [4.78, 5) is 10.4. The highest BCUT2D eigenvalue weighted by atomic mass is 32.2. The molecule has 0 spiro atoms. The molecule has 0 amide bonds. The van der Waals surface area contributed by atoms with Gasteiger partial charge in [-0.1, -0.05) is 0 Å². The third-order valence-electron chi connectivity index (χ3n) is 2.78. The molecule has 0 saturated heterocycles. The minimum atomic E-state index is -4.33. The van der Waals surface area contributed by atoms with Gasteiger partial charge in [0, 0.05) is 6.07 Å². The first-order valence-corrected chi connectivity index (χ1v) is 7.02. The van der Waals surface area contributed by atoms with Gasteiger partial charge in [-0.05, 0) is 30.7 Å². The summed E-state index contributed by atoms with van der Waals surface area (Å²) in [6.45, 7) is 1.54. The fraction of sp³-hybridized carbons (Fsp3) is 0.154. The van der Waals surface area contributed by atoms with Gasteiger partial charge >= 0.3 is 0 Å². The van der Waals surface area contributed by atoms with E-state index in [4.69, 9.17) is 13.7 Å². The summed E-state index contributed by atoms with van der Waals surface area (Å²) in [7, 11) is -2.96. The third kappa shape index (κ3) is 2.59. The number of hydrogen-bond donors (Lipinski definition) is 1. The number of ether oxygens (including phenoxy) is 1. The molecule has 2 aromatic rings. The van der Waals surface area contributed by atoms with E-state index in [0.717, 1.165) is 0 Å². The van der Waals surface area contributed by atoms with Crippen LogP contribution in [0.4, 0.5) is 0 Å². The Labute approximate surface area is 115 Å². The molecule has 2 rings (SSSR count). The smallest absolute Gasteiger partial charge is 0.294 e. The molecule has 0 radical (unpaired) electrons. The minimum absolute atomic E-state index is 0.151. The van der Waals surface area contributed by atoms with Gasteiger partial charge in [0.2, 0.25) is 0 Å². The first kappa shape index (κ1) is 14.3. The van der Waals surface area contributed by atoms with Crippen LogP contribution in [-0.4, -0.2) is 26.4 Å². The maximum Gasteiger partial charge on any atom is 0.294 e. The number of methoxy groups -OCH3 is 1. The number of rotatable bonds is 4. The van der Waals surface area contributed by atoms with E-state index in [9.17, 15) is 13.2 Å². The van der Waals surface area contributed by atoms with Crippen molar-refractivity contribution in [1.82, 2.24) is 0 Å². The summed E-state index contributed by atoms with van der Waals surface area (Å²) < 4.78 is 42.0. The molecule has 0 saturated carbocycles. The number of furan rings is 1. The molecule has 1 N–H and O–H groups in total. The Morgan fingerprint density at radius 3 is 2.50 bits per heavy atom. The largest absolute Gasteiger partial charge is 0.496 e. The monoisotopic (exact) mass is 296 g/mol. The molecular weight excluding hydrogens is 284 g/mol. The second-order valence-corrected chi connectivity index (χ2v) is 5.50. The summed E-state index contributed by atoms with van der Waals surface area (Å²) in [5, 5.41) is 0. The van der Waals surface area contributed by atoms with E-state index in [0.29, 0.717) is 23.2 Å². The van der Waals surface area contributed by atoms with Gasteiger partial charge in [0.1, 0.15) is 16.4 Å². The van der Waals surface area contributed by atoms with Crippen LogP contribution in [0, 0.1) is 6.92 Å². The van der Waals surface area contributed by atoms with Crippen LogP contribution in [0.3, 0.4) is 0 Å².